The van der Waals surface area contributed by atoms with Gasteiger partial charge in [0.1, 0.15) is 0 Å². The standard InChI is InChI=1S/C30H60/c1-7-16-28(24-29-20-14-18-26(5)23-29)19-15-22-30(27(6)9-3)21-13-11-10-12-17-25(4)8-2/h25-30H,7-24H2,1-6H3. The summed E-state index contributed by atoms with van der Waals surface area (Å²) in [4.78, 5) is 0. The number of hydrogen-bond donors (Lipinski definition) is 0. The number of rotatable bonds is 18. The molecule has 6 unspecified atom stereocenters. The van der Waals surface area contributed by atoms with Gasteiger partial charge in [0.15, 0.2) is 0 Å². The normalized spacial score (nSPS) is 23.8. The molecule has 6 atom stereocenters. The minimum Gasteiger partial charge on any atom is -0.0654 e. The van der Waals surface area contributed by atoms with Gasteiger partial charge < -0.3 is 0 Å². The Kier molecular flexibility index (Phi) is 16.4. The first-order valence-electron chi connectivity index (χ1n) is 14.5. The third-order valence-electron chi connectivity index (χ3n) is 8.76. The second-order valence-electron chi connectivity index (χ2n) is 11.6. The lowest BCUT2D eigenvalue weighted by Crippen LogP contribution is -2.17. The summed E-state index contributed by atoms with van der Waals surface area (Å²) in [5.74, 6) is 5.90. The van der Waals surface area contributed by atoms with E-state index >= 15 is 0 Å². The van der Waals surface area contributed by atoms with E-state index in [0.29, 0.717) is 0 Å². The zero-order chi connectivity index (χ0) is 22.2. The molecule has 0 aliphatic heterocycles. The molecule has 0 aromatic carbocycles. The number of hydrogen-bond acceptors (Lipinski definition) is 0. The third kappa shape index (κ3) is 12.8. The van der Waals surface area contributed by atoms with Crippen molar-refractivity contribution >= 4 is 0 Å². The van der Waals surface area contributed by atoms with Gasteiger partial charge in [-0.25, -0.2) is 0 Å². The summed E-state index contributed by atoms with van der Waals surface area (Å²) < 4.78 is 0. The smallest absolute Gasteiger partial charge is 0.0389 e. The monoisotopic (exact) mass is 420 g/mol. The van der Waals surface area contributed by atoms with Crippen LogP contribution < -0.4 is 0 Å². The maximum Gasteiger partial charge on any atom is -0.0389 e. The Hall–Kier alpha value is 0. The average molecular weight is 421 g/mol. The van der Waals surface area contributed by atoms with Gasteiger partial charge in [-0.1, -0.05) is 144 Å². The molecule has 0 aromatic heterocycles. The molecule has 0 bridgehead atoms. The van der Waals surface area contributed by atoms with Crippen molar-refractivity contribution in [1.29, 1.82) is 0 Å². The van der Waals surface area contributed by atoms with E-state index in [9.17, 15) is 0 Å². The fraction of sp³-hybridized carbons (Fsp3) is 1.00. The molecule has 0 radical (unpaired) electrons. The summed E-state index contributed by atoms with van der Waals surface area (Å²) in [6.45, 7) is 14.6. The zero-order valence-electron chi connectivity index (χ0n) is 22.2. The van der Waals surface area contributed by atoms with Crippen LogP contribution in [0.3, 0.4) is 0 Å². The van der Waals surface area contributed by atoms with Crippen molar-refractivity contribution in [3.8, 4) is 0 Å². The summed E-state index contributed by atoms with van der Waals surface area (Å²) in [5, 5.41) is 0. The summed E-state index contributed by atoms with van der Waals surface area (Å²) in [6.07, 6.45) is 26.5. The summed E-state index contributed by atoms with van der Waals surface area (Å²) in [6, 6.07) is 0. The molecule has 0 nitrogen and oxygen atoms in total. The lowest BCUT2D eigenvalue weighted by molar-refractivity contribution is 0.218. The van der Waals surface area contributed by atoms with E-state index in [1.54, 1.807) is 6.42 Å². The maximum atomic E-state index is 2.53. The van der Waals surface area contributed by atoms with E-state index < -0.39 is 0 Å². The summed E-state index contributed by atoms with van der Waals surface area (Å²) in [5.41, 5.74) is 0. The topological polar surface area (TPSA) is 0 Å². The van der Waals surface area contributed by atoms with Crippen LogP contribution in [0.2, 0.25) is 0 Å². The van der Waals surface area contributed by atoms with Gasteiger partial charge >= 0.3 is 0 Å². The predicted octanol–water partition coefficient (Wildman–Crippen LogP) is 10.8. The molecular formula is C30H60. The van der Waals surface area contributed by atoms with Crippen molar-refractivity contribution in [1.82, 2.24) is 0 Å². The minimum absolute atomic E-state index is 0.925. The summed E-state index contributed by atoms with van der Waals surface area (Å²) >= 11 is 0. The van der Waals surface area contributed by atoms with E-state index in [2.05, 4.69) is 41.5 Å². The molecule has 0 spiro atoms. The Morgan fingerprint density at radius 1 is 0.733 bits per heavy atom. The van der Waals surface area contributed by atoms with Gasteiger partial charge in [-0.3, -0.25) is 0 Å². The van der Waals surface area contributed by atoms with Crippen LogP contribution in [0.15, 0.2) is 0 Å². The van der Waals surface area contributed by atoms with Crippen molar-refractivity contribution in [3.63, 3.8) is 0 Å². The predicted molar refractivity (Wildman–Crippen MR) is 138 cm³/mol. The van der Waals surface area contributed by atoms with Crippen LogP contribution in [0.4, 0.5) is 0 Å². The van der Waals surface area contributed by atoms with Gasteiger partial charge in [0.05, 0.1) is 0 Å². The SMILES string of the molecule is CCCC(CCCC(CCCCCCC(C)CC)C(C)CC)CC1CCCC(C)C1. The Balaban J connectivity index is 2.31. The van der Waals surface area contributed by atoms with Crippen molar-refractivity contribution < 1.29 is 0 Å². The fourth-order valence-electron chi connectivity index (χ4n) is 6.21. The third-order valence-corrected chi connectivity index (χ3v) is 8.76. The highest BCUT2D eigenvalue weighted by molar-refractivity contribution is 4.75. The lowest BCUT2D eigenvalue weighted by Gasteiger charge is -2.30. The Bertz CT molecular complexity index is 372. The Labute approximate surface area is 192 Å². The van der Waals surface area contributed by atoms with E-state index in [1.807, 2.05) is 0 Å². The molecule has 0 saturated heterocycles. The molecule has 0 N–H and O–H groups in total. The number of unbranched alkanes of at least 4 members (excludes halogenated alkanes) is 3. The Morgan fingerprint density at radius 3 is 2.07 bits per heavy atom. The molecule has 180 valence electrons. The molecule has 1 fully saturated rings. The van der Waals surface area contributed by atoms with Crippen LogP contribution in [-0.2, 0) is 0 Å². The average Bonchev–Trinajstić information content (AvgIpc) is 2.74. The summed E-state index contributed by atoms with van der Waals surface area (Å²) in [7, 11) is 0. The highest BCUT2D eigenvalue weighted by Crippen LogP contribution is 2.36. The molecule has 0 heteroatoms. The molecule has 1 saturated carbocycles. The van der Waals surface area contributed by atoms with Crippen LogP contribution in [0.1, 0.15) is 157 Å². The van der Waals surface area contributed by atoms with Crippen molar-refractivity contribution in [3.05, 3.63) is 0 Å². The highest BCUT2D eigenvalue weighted by atomic mass is 14.3. The second-order valence-corrected chi connectivity index (χ2v) is 11.6. The van der Waals surface area contributed by atoms with E-state index in [1.165, 1.54) is 109 Å². The van der Waals surface area contributed by atoms with Crippen molar-refractivity contribution in [2.75, 3.05) is 0 Å². The van der Waals surface area contributed by atoms with Gasteiger partial charge in [0.25, 0.3) is 0 Å². The molecule has 0 aromatic rings. The van der Waals surface area contributed by atoms with Gasteiger partial charge in [-0.05, 0) is 48.3 Å². The minimum atomic E-state index is 0.925. The van der Waals surface area contributed by atoms with Crippen molar-refractivity contribution in [2.24, 2.45) is 35.5 Å². The molecular weight excluding hydrogens is 360 g/mol. The van der Waals surface area contributed by atoms with E-state index in [-0.39, 0.29) is 0 Å². The van der Waals surface area contributed by atoms with Crippen LogP contribution in [0.25, 0.3) is 0 Å². The van der Waals surface area contributed by atoms with Gasteiger partial charge in [0.2, 0.25) is 0 Å². The first kappa shape index (κ1) is 28.0. The first-order valence-corrected chi connectivity index (χ1v) is 14.5. The van der Waals surface area contributed by atoms with Gasteiger partial charge in [0, 0.05) is 0 Å². The fourth-order valence-corrected chi connectivity index (χ4v) is 6.21. The van der Waals surface area contributed by atoms with Crippen molar-refractivity contribution in [2.45, 2.75) is 157 Å². The second kappa shape index (κ2) is 17.5. The first-order chi connectivity index (χ1) is 14.5. The lowest BCUT2D eigenvalue weighted by atomic mass is 9.76. The molecule has 30 heavy (non-hydrogen) atoms. The Morgan fingerprint density at radius 2 is 1.43 bits per heavy atom. The van der Waals surface area contributed by atoms with Gasteiger partial charge in [-0.2, -0.15) is 0 Å². The highest BCUT2D eigenvalue weighted by Gasteiger charge is 2.23. The zero-order valence-corrected chi connectivity index (χ0v) is 22.2. The molecule has 1 aliphatic rings. The molecule has 1 rings (SSSR count). The molecule has 0 amide bonds. The van der Waals surface area contributed by atoms with Gasteiger partial charge in [-0.15, -0.1) is 0 Å². The van der Waals surface area contributed by atoms with E-state index in [4.69, 9.17) is 0 Å². The van der Waals surface area contributed by atoms with Crippen LogP contribution in [0, 0.1) is 35.5 Å². The van der Waals surface area contributed by atoms with Crippen LogP contribution in [-0.4, -0.2) is 0 Å². The quantitative estimate of drug-likeness (QED) is 0.193. The molecule has 0 heterocycles. The van der Waals surface area contributed by atoms with Crippen LogP contribution in [0.5, 0.6) is 0 Å². The molecule has 1 aliphatic carbocycles. The van der Waals surface area contributed by atoms with E-state index in [0.717, 1.165) is 35.5 Å². The van der Waals surface area contributed by atoms with Crippen LogP contribution >= 0.6 is 0 Å². The maximum absolute atomic E-state index is 2.53. The largest absolute Gasteiger partial charge is 0.0654 e.